The molecule has 0 fully saturated rings. The van der Waals surface area contributed by atoms with Crippen molar-refractivity contribution in [2.45, 2.75) is 25.4 Å². The molecule has 0 aliphatic carbocycles. The lowest BCUT2D eigenvalue weighted by Crippen LogP contribution is -2.14. The van der Waals surface area contributed by atoms with Crippen LogP contribution < -0.4 is 0 Å². The van der Waals surface area contributed by atoms with E-state index in [1.54, 1.807) is 0 Å². The Morgan fingerprint density at radius 2 is 1.73 bits per heavy atom. The summed E-state index contributed by atoms with van der Waals surface area (Å²) in [5, 5.41) is 25.1. The highest BCUT2D eigenvalue weighted by Gasteiger charge is 2.10. The van der Waals surface area contributed by atoms with Gasteiger partial charge < -0.3 is 15.3 Å². The Bertz CT molecular complexity index is 153. The summed E-state index contributed by atoms with van der Waals surface area (Å²) in [4.78, 5) is 19.9. The molecule has 0 saturated heterocycles. The molecule has 0 aromatic heterocycles. The third-order valence-electron chi connectivity index (χ3n) is 1.10. The van der Waals surface area contributed by atoms with Crippen molar-refractivity contribution < 1.29 is 24.9 Å². The van der Waals surface area contributed by atoms with Gasteiger partial charge in [-0.1, -0.05) is 0 Å². The van der Waals surface area contributed by atoms with E-state index in [4.69, 9.17) is 15.3 Å². The number of carbonyl (C=O) groups is 2. The van der Waals surface area contributed by atoms with Crippen LogP contribution in [0.4, 0.5) is 0 Å². The zero-order chi connectivity index (χ0) is 8.85. The second-order valence-electron chi connectivity index (χ2n) is 2.18. The summed E-state index contributed by atoms with van der Waals surface area (Å²) < 4.78 is 0. The van der Waals surface area contributed by atoms with Crippen LogP contribution in [0.1, 0.15) is 19.3 Å². The Kier molecular flexibility index (Phi) is 4.21. The van der Waals surface area contributed by atoms with Crippen molar-refractivity contribution in [1.29, 1.82) is 0 Å². The van der Waals surface area contributed by atoms with Crippen molar-refractivity contribution in [3.8, 4) is 0 Å². The highest BCUT2D eigenvalue weighted by Crippen LogP contribution is 2.00. The smallest absolute Gasteiger partial charge is 0.305 e. The Labute approximate surface area is 63.3 Å². The van der Waals surface area contributed by atoms with Crippen LogP contribution in [0, 0.1) is 0 Å². The molecule has 11 heavy (non-hydrogen) atoms. The molecule has 5 nitrogen and oxygen atoms in total. The van der Waals surface area contributed by atoms with E-state index in [0.29, 0.717) is 0 Å². The Morgan fingerprint density at radius 3 is 2.09 bits per heavy atom. The zero-order valence-corrected chi connectivity index (χ0v) is 5.86. The summed E-state index contributed by atoms with van der Waals surface area (Å²) in [5.74, 6) is -2.16. The molecule has 0 heterocycles. The van der Waals surface area contributed by atoms with E-state index in [9.17, 15) is 9.59 Å². The van der Waals surface area contributed by atoms with Crippen molar-refractivity contribution in [1.82, 2.24) is 0 Å². The van der Waals surface area contributed by atoms with Crippen LogP contribution >= 0.6 is 0 Å². The van der Waals surface area contributed by atoms with Crippen molar-refractivity contribution in [3.63, 3.8) is 0 Å². The average Bonchev–Trinajstić information content (AvgIpc) is 1.82. The molecule has 0 aliphatic rings. The van der Waals surface area contributed by atoms with Crippen molar-refractivity contribution in [2.75, 3.05) is 0 Å². The molecule has 0 aromatic rings. The molecule has 0 saturated carbocycles. The van der Waals surface area contributed by atoms with Gasteiger partial charge >= 0.3 is 11.9 Å². The molecule has 0 aliphatic heterocycles. The Hall–Kier alpha value is -1.10. The van der Waals surface area contributed by atoms with Gasteiger partial charge in [0.1, 0.15) is 0 Å². The maximum Gasteiger partial charge on any atom is 0.305 e. The first-order chi connectivity index (χ1) is 5.02. The van der Waals surface area contributed by atoms with E-state index in [0.717, 1.165) is 0 Å². The lowest BCUT2D eigenvalue weighted by Gasteiger charge is -2.03. The molecule has 0 radical (unpaired) electrons. The maximum absolute atomic E-state index is 9.95. The zero-order valence-electron chi connectivity index (χ0n) is 5.86. The number of rotatable bonds is 5. The van der Waals surface area contributed by atoms with Gasteiger partial charge in [0.15, 0.2) is 0 Å². The van der Waals surface area contributed by atoms with E-state index >= 15 is 0 Å². The quantitative estimate of drug-likeness (QED) is 0.515. The number of carboxylic acids is 2. The minimum Gasteiger partial charge on any atom is -0.481 e. The first-order valence-corrected chi connectivity index (χ1v) is 3.14. The SMILES string of the molecule is O=C(O)CC[C@@H](O)CC(=O)O. The molecule has 64 valence electrons. The molecule has 0 aromatic carbocycles. The normalized spacial score (nSPS) is 12.5. The van der Waals surface area contributed by atoms with E-state index in [2.05, 4.69) is 0 Å². The fraction of sp³-hybridized carbons (Fsp3) is 0.667. The molecule has 0 unspecified atom stereocenters. The van der Waals surface area contributed by atoms with Crippen molar-refractivity contribution in [3.05, 3.63) is 0 Å². The average molecular weight is 162 g/mol. The number of aliphatic carboxylic acids is 2. The number of hydrogen-bond donors (Lipinski definition) is 3. The summed E-state index contributed by atoms with van der Waals surface area (Å²) in [7, 11) is 0. The van der Waals surface area contributed by atoms with E-state index in [1.807, 2.05) is 0 Å². The van der Waals surface area contributed by atoms with Crippen LogP contribution in [-0.4, -0.2) is 33.4 Å². The highest BCUT2D eigenvalue weighted by atomic mass is 16.4. The molecular formula is C6H10O5. The van der Waals surface area contributed by atoms with Crippen molar-refractivity contribution in [2.24, 2.45) is 0 Å². The van der Waals surface area contributed by atoms with Gasteiger partial charge in [0.25, 0.3) is 0 Å². The van der Waals surface area contributed by atoms with Gasteiger partial charge in [0, 0.05) is 6.42 Å². The van der Waals surface area contributed by atoms with Gasteiger partial charge in [-0.15, -0.1) is 0 Å². The van der Waals surface area contributed by atoms with Gasteiger partial charge in [-0.3, -0.25) is 9.59 Å². The standard InChI is InChI=1S/C6H10O5/c7-4(3-6(10)11)1-2-5(8)9/h4,7H,1-3H2,(H,8,9)(H,10,11)/t4-/m1/s1. The van der Waals surface area contributed by atoms with Crippen LogP contribution in [0.2, 0.25) is 0 Å². The Balaban J connectivity index is 3.44. The molecule has 0 rings (SSSR count). The fourth-order valence-corrected chi connectivity index (χ4v) is 0.594. The van der Waals surface area contributed by atoms with E-state index in [-0.39, 0.29) is 12.8 Å². The molecule has 5 heteroatoms. The van der Waals surface area contributed by atoms with Crippen LogP contribution in [0.5, 0.6) is 0 Å². The monoisotopic (exact) mass is 162 g/mol. The largest absolute Gasteiger partial charge is 0.481 e. The molecule has 0 bridgehead atoms. The number of aliphatic hydroxyl groups is 1. The predicted octanol–water partition coefficient (Wildman–Crippen LogP) is -0.313. The van der Waals surface area contributed by atoms with Gasteiger partial charge in [-0.05, 0) is 6.42 Å². The number of carboxylic acid groups (broad SMARTS) is 2. The molecule has 0 spiro atoms. The third-order valence-corrected chi connectivity index (χ3v) is 1.10. The van der Waals surface area contributed by atoms with Crippen LogP contribution in [0.25, 0.3) is 0 Å². The Morgan fingerprint density at radius 1 is 1.18 bits per heavy atom. The summed E-state index contributed by atoms with van der Waals surface area (Å²) >= 11 is 0. The molecule has 0 amide bonds. The minimum atomic E-state index is -1.12. The number of aliphatic hydroxyl groups excluding tert-OH is 1. The van der Waals surface area contributed by atoms with Crippen LogP contribution in [-0.2, 0) is 9.59 Å². The van der Waals surface area contributed by atoms with Gasteiger partial charge in [-0.2, -0.15) is 0 Å². The minimum absolute atomic E-state index is 0.0123. The first kappa shape index (κ1) is 9.90. The summed E-state index contributed by atoms with van der Waals surface area (Å²) in [6.07, 6.45) is -1.66. The summed E-state index contributed by atoms with van der Waals surface area (Å²) in [6, 6.07) is 0. The van der Waals surface area contributed by atoms with Gasteiger partial charge in [0.05, 0.1) is 12.5 Å². The van der Waals surface area contributed by atoms with Crippen LogP contribution in [0.15, 0.2) is 0 Å². The second kappa shape index (κ2) is 4.68. The number of hydrogen-bond acceptors (Lipinski definition) is 3. The van der Waals surface area contributed by atoms with Crippen molar-refractivity contribution >= 4 is 11.9 Å². The van der Waals surface area contributed by atoms with E-state index in [1.165, 1.54) is 0 Å². The predicted molar refractivity (Wildman–Crippen MR) is 35.1 cm³/mol. The van der Waals surface area contributed by atoms with Gasteiger partial charge in [-0.25, -0.2) is 0 Å². The fourth-order valence-electron chi connectivity index (χ4n) is 0.594. The molecule has 1 atom stereocenters. The topological polar surface area (TPSA) is 94.8 Å². The van der Waals surface area contributed by atoms with E-state index < -0.39 is 24.5 Å². The maximum atomic E-state index is 9.95. The molecule has 3 N–H and O–H groups in total. The van der Waals surface area contributed by atoms with Crippen LogP contribution in [0.3, 0.4) is 0 Å². The summed E-state index contributed by atoms with van der Waals surface area (Å²) in [6.45, 7) is 0. The lowest BCUT2D eigenvalue weighted by molar-refractivity contribution is -0.141. The summed E-state index contributed by atoms with van der Waals surface area (Å²) in [5.41, 5.74) is 0. The molecular weight excluding hydrogens is 152 g/mol. The van der Waals surface area contributed by atoms with Gasteiger partial charge in [0.2, 0.25) is 0 Å². The third kappa shape index (κ3) is 6.79. The lowest BCUT2D eigenvalue weighted by atomic mass is 10.1. The first-order valence-electron chi connectivity index (χ1n) is 3.14. The second-order valence-corrected chi connectivity index (χ2v) is 2.18. The highest BCUT2D eigenvalue weighted by molar-refractivity contribution is 5.68.